The van der Waals surface area contributed by atoms with Crippen molar-refractivity contribution in [1.29, 1.82) is 0 Å². The summed E-state index contributed by atoms with van der Waals surface area (Å²) in [4.78, 5) is 19.0. The fourth-order valence-electron chi connectivity index (χ4n) is 2.98. The third-order valence-corrected chi connectivity index (χ3v) is 4.57. The predicted octanol–water partition coefficient (Wildman–Crippen LogP) is 3.15. The second-order valence-corrected chi connectivity index (χ2v) is 6.45. The highest BCUT2D eigenvalue weighted by Crippen LogP contribution is 2.23. The molecule has 1 saturated heterocycles. The van der Waals surface area contributed by atoms with Gasteiger partial charge in [0.25, 0.3) is 0 Å². The lowest BCUT2D eigenvalue weighted by Crippen LogP contribution is -2.44. The van der Waals surface area contributed by atoms with Gasteiger partial charge in [-0.05, 0) is 37.1 Å². The van der Waals surface area contributed by atoms with Crippen LogP contribution >= 0.6 is 11.6 Å². The maximum Gasteiger partial charge on any atom is 0.225 e. The summed E-state index contributed by atoms with van der Waals surface area (Å²) < 4.78 is 5.60. The average molecular weight is 360 g/mol. The lowest BCUT2D eigenvalue weighted by atomic mass is 9.97. The van der Waals surface area contributed by atoms with Gasteiger partial charge in [0, 0.05) is 19.3 Å². The van der Waals surface area contributed by atoms with E-state index < -0.39 is 0 Å². The highest BCUT2D eigenvalue weighted by molar-refractivity contribution is 6.32. The highest BCUT2D eigenvalue weighted by Gasteiger charge is 2.26. The third-order valence-electron chi connectivity index (χ3n) is 4.26. The minimum Gasteiger partial charge on any atom is -0.490 e. The van der Waals surface area contributed by atoms with E-state index in [0.29, 0.717) is 30.5 Å². The number of ether oxygens (including phenoxy) is 1. The number of benzene rings is 1. The summed E-state index contributed by atoms with van der Waals surface area (Å²) in [7, 11) is 0. The molecule has 0 unspecified atom stereocenters. The smallest absolute Gasteiger partial charge is 0.225 e. The molecule has 2 aromatic rings. The molecular formula is C19H22ClN3O2. The fraction of sp³-hybridized carbons (Fsp3) is 0.368. The highest BCUT2D eigenvalue weighted by atomic mass is 35.5. The minimum absolute atomic E-state index is 0.0175. The van der Waals surface area contributed by atoms with E-state index in [-0.39, 0.29) is 11.8 Å². The Balaban J connectivity index is 1.44. The normalized spacial score (nSPS) is 17.2. The first-order chi connectivity index (χ1) is 12.2. The molecule has 0 aliphatic carbocycles. The number of hydrogen-bond acceptors (Lipinski definition) is 4. The van der Waals surface area contributed by atoms with Crippen molar-refractivity contribution in [3.63, 3.8) is 0 Å². The number of rotatable bonds is 6. The maximum atomic E-state index is 12.4. The summed E-state index contributed by atoms with van der Waals surface area (Å²) in [5, 5.41) is 3.54. The quantitative estimate of drug-likeness (QED) is 0.805. The second-order valence-electron chi connectivity index (χ2n) is 6.04. The van der Waals surface area contributed by atoms with Crippen molar-refractivity contribution in [1.82, 2.24) is 10.3 Å². The Morgan fingerprint density at radius 1 is 1.28 bits per heavy atom. The number of nitrogens with one attached hydrogen (secondary N) is 1. The van der Waals surface area contributed by atoms with Crippen LogP contribution in [0.3, 0.4) is 0 Å². The molecule has 1 atom stereocenters. The number of nitrogens with zero attached hydrogens (tertiary/aromatic N) is 2. The molecule has 1 aliphatic rings. The summed E-state index contributed by atoms with van der Waals surface area (Å²) in [6.45, 7) is 2.50. The van der Waals surface area contributed by atoms with Gasteiger partial charge in [0.1, 0.15) is 18.2 Å². The van der Waals surface area contributed by atoms with E-state index in [1.54, 1.807) is 12.3 Å². The first kappa shape index (κ1) is 17.5. The van der Waals surface area contributed by atoms with Crippen molar-refractivity contribution in [3.8, 4) is 5.75 Å². The van der Waals surface area contributed by atoms with Gasteiger partial charge in [0.05, 0.1) is 17.5 Å². The molecule has 6 heteroatoms. The Morgan fingerprint density at radius 2 is 2.12 bits per heavy atom. The zero-order valence-electron chi connectivity index (χ0n) is 14.0. The Morgan fingerprint density at radius 3 is 2.92 bits per heavy atom. The molecule has 0 radical (unpaired) electrons. The number of pyridine rings is 1. The number of aromatic nitrogens is 1. The monoisotopic (exact) mass is 359 g/mol. The van der Waals surface area contributed by atoms with E-state index in [2.05, 4.69) is 15.2 Å². The van der Waals surface area contributed by atoms with Crippen LogP contribution in [0.15, 0.2) is 48.7 Å². The third kappa shape index (κ3) is 4.86. The summed E-state index contributed by atoms with van der Waals surface area (Å²) >= 11 is 6.04. The Hall–Kier alpha value is -2.27. The first-order valence-corrected chi connectivity index (χ1v) is 8.93. The fourth-order valence-corrected chi connectivity index (χ4v) is 3.17. The van der Waals surface area contributed by atoms with Crippen LogP contribution < -0.4 is 15.0 Å². The van der Waals surface area contributed by atoms with E-state index >= 15 is 0 Å². The van der Waals surface area contributed by atoms with Crippen LogP contribution in [0.5, 0.6) is 5.75 Å². The van der Waals surface area contributed by atoms with E-state index in [0.717, 1.165) is 25.2 Å². The summed E-state index contributed by atoms with van der Waals surface area (Å²) in [5.74, 6) is 1.62. The van der Waals surface area contributed by atoms with Gasteiger partial charge >= 0.3 is 0 Å². The summed E-state index contributed by atoms with van der Waals surface area (Å²) in [5.41, 5.74) is 0. The molecule has 3 rings (SSSR count). The number of carbonyl (C=O) groups is 1. The van der Waals surface area contributed by atoms with Crippen LogP contribution in [0.25, 0.3) is 0 Å². The van der Waals surface area contributed by atoms with Gasteiger partial charge in [-0.1, -0.05) is 29.8 Å². The molecular weight excluding hydrogens is 338 g/mol. The number of hydrogen-bond donors (Lipinski definition) is 1. The minimum atomic E-state index is -0.0175. The van der Waals surface area contributed by atoms with E-state index in [1.165, 1.54) is 0 Å². The molecule has 1 N–H and O–H groups in total. The molecule has 25 heavy (non-hydrogen) atoms. The van der Waals surface area contributed by atoms with Gasteiger partial charge in [0.15, 0.2) is 0 Å². The van der Waals surface area contributed by atoms with Gasteiger partial charge in [-0.3, -0.25) is 4.79 Å². The van der Waals surface area contributed by atoms with Gasteiger partial charge < -0.3 is 15.0 Å². The first-order valence-electron chi connectivity index (χ1n) is 8.55. The predicted molar refractivity (Wildman–Crippen MR) is 99.1 cm³/mol. The van der Waals surface area contributed by atoms with E-state index in [4.69, 9.17) is 16.3 Å². The van der Waals surface area contributed by atoms with Crippen LogP contribution in [0.2, 0.25) is 5.02 Å². The van der Waals surface area contributed by atoms with Crippen LogP contribution in [0.1, 0.15) is 12.8 Å². The number of amides is 1. The largest absolute Gasteiger partial charge is 0.490 e. The standard InChI is InChI=1S/C19H22ClN3O2/c20-16-7-1-2-8-17(16)25-13-11-22-19(24)15-6-5-12-23(14-15)18-9-3-4-10-21-18/h1-4,7-10,15H,5-6,11-14H2,(H,22,24)/t15-/m0/s1. The molecule has 1 amide bonds. The van der Waals surface area contributed by atoms with Crippen molar-refractivity contribution in [2.75, 3.05) is 31.1 Å². The molecule has 5 nitrogen and oxygen atoms in total. The zero-order valence-corrected chi connectivity index (χ0v) is 14.8. The number of piperidine rings is 1. The lowest BCUT2D eigenvalue weighted by molar-refractivity contribution is -0.125. The summed E-state index contributed by atoms with van der Waals surface area (Å²) in [6.07, 6.45) is 3.68. The SMILES string of the molecule is O=C(NCCOc1ccccc1Cl)[C@H]1CCCN(c2ccccn2)C1. The Kier molecular flexibility index (Phi) is 6.12. The van der Waals surface area contributed by atoms with Crippen molar-refractivity contribution in [3.05, 3.63) is 53.7 Å². The lowest BCUT2D eigenvalue weighted by Gasteiger charge is -2.32. The van der Waals surface area contributed by atoms with Crippen LogP contribution in [-0.4, -0.2) is 37.1 Å². The number of anilines is 1. The molecule has 1 aromatic carbocycles. The van der Waals surface area contributed by atoms with Crippen molar-refractivity contribution < 1.29 is 9.53 Å². The number of carbonyl (C=O) groups excluding carboxylic acids is 1. The number of halogens is 1. The van der Waals surface area contributed by atoms with Crippen LogP contribution in [-0.2, 0) is 4.79 Å². The Bertz CT molecular complexity index is 696. The number of para-hydroxylation sites is 1. The molecule has 2 heterocycles. The molecule has 132 valence electrons. The van der Waals surface area contributed by atoms with Crippen LogP contribution in [0, 0.1) is 5.92 Å². The average Bonchev–Trinajstić information content (AvgIpc) is 2.67. The van der Waals surface area contributed by atoms with Gasteiger partial charge in [-0.25, -0.2) is 4.98 Å². The molecule has 0 spiro atoms. The molecule has 1 aromatic heterocycles. The second kappa shape index (κ2) is 8.72. The van der Waals surface area contributed by atoms with Crippen molar-refractivity contribution in [2.24, 2.45) is 5.92 Å². The Labute approximate surface area is 153 Å². The van der Waals surface area contributed by atoms with Gasteiger partial charge in [-0.15, -0.1) is 0 Å². The van der Waals surface area contributed by atoms with Crippen molar-refractivity contribution >= 4 is 23.3 Å². The van der Waals surface area contributed by atoms with Gasteiger partial charge in [0.2, 0.25) is 5.91 Å². The molecule has 1 aliphatic heterocycles. The molecule has 1 fully saturated rings. The topological polar surface area (TPSA) is 54.5 Å². The maximum absolute atomic E-state index is 12.4. The molecule has 0 bridgehead atoms. The van der Waals surface area contributed by atoms with Crippen molar-refractivity contribution in [2.45, 2.75) is 12.8 Å². The van der Waals surface area contributed by atoms with Crippen LogP contribution in [0.4, 0.5) is 5.82 Å². The van der Waals surface area contributed by atoms with E-state index in [1.807, 2.05) is 36.4 Å². The zero-order chi connectivity index (χ0) is 17.5. The molecule has 0 saturated carbocycles. The summed E-state index contributed by atoms with van der Waals surface area (Å²) in [6, 6.07) is 13.2. The van der Waals surface area contributed by atoms with Gasteiger partial charge in [-0.2, -0.15) is 0 Å². The van der Waals surface area contributed by atoms with E-state index in [9.17, 15) is 4.79 Å².